The van der Waals surface area contributed by atoms with Crippen LogP contribution in [0.2, 0.25) is 0 Å². The number of rotatable bonds is 7. The van der Waals surface area contributed by atoms with Crippen LogP contribution < -0.4 is 14.9 Å². The van der Waals surface area contributed by atoms with E-state index >= 15 is 0 Å². The summed E-state index contributed by atoms with van der Waals surface area (Å²) in [5.74, 6) is 1.12. The van der Waals surface area contributed by atoms with Crippen molar-refractivity contribution in [3.63, 3.8) is 0 Å². The highest BCUT2D eigenvalue weighted by Gasteiger charge is 2.16. The van der Waals surface area contributed by atoms with Crippen molar-refractivity contribution in [2.24, 2.45) is 5.10 Å². The molecule has 29 heavy (non-hydrogen) atoms. The average molecular weight is 395 g/mol. The predicted octanol–water partition coefficient (Wildman–Crippen LogP) is 3.64. The molecule has 2 aromatic carbocycles. The fourth-order valence-electron chi connectivity index (χ4n) is 2.62. The van der Waals surface area contributed by atoms with Gasteiger partial charge in [-0.3, -0.25) is 14.9 Å². The van der Waals surface area contributed by atoms with Crippen molar-refractivity contribution in [3.8, 4) is 22.8 Å². The van der Waals surface area contributed by atoms with E-state index in [4.69, 9.17) is 13.9 Å². The molecule has 1 heterocycles. The zero-order chi connectivity index (χ0) is 20.8. The molecule has 9 nitrogen and oxygen atoms in total. The number of amides is 1. The molecule has 1 N–H and O–H groups in total. The van der Waals surface area contributed by atoms with Gasteiger partial charge < -0.3 is 13.9 Å². The number of hydrazone groups is 1. The Morgan fingerprint density at radius 3 is 2.59 bits per heavy atom. The van der Waals surface area contributed by atoms with Crippen molar-refractivity contribution in [1.29, 1.82) is 0 Å². The lowest BCUT2D eigenvalue weighted by Crippen LogP contribution is -2.18. The smallest absolute Gasteiger partial charge is 0.275 e. The molecule has 3 rings (SSSR count). The molecule has 1 amide bonds. The van der Waals surface area contributed by atoms with E-state index in [0.29, 0.717) is 34.1 Å². The van der Waals surface area contributed by atoms with Gasteiger partial charge in [0.15, 0.2) is 0 Å². The van der Waals surface area contributed by atoms with E-state index in [-0.39, 0.29) is 5.69 Å². The van der Waals surface area contributed by atoms with Crippen LogP contribution in [0, 0.1) is 10.1 Å². The summed E-state index contributed by atoms with van der Waals surface area (Å²) in [5.41, 5.74) is 3.08. The molecule has 0 atom stereocenters. The normalized spacial score (nSPS) is 10.7. The van der Waals surface area contributed by atoms with Crippen molar-refractivity contribution in [2.45, 2.75) is 0 Å². The molecule has 3 aromatic rings. The molecule has 0 unspecified atom stereocenters. The van der Waals surface area contributed by atoms with E-state index in [1.54, 1.807) is 36.4 Å². The second kappa shape index (κ2) is 8.70. The second-order valence-electron chi connectivity index (χ2n) is 5.74. The fourth-order valence-corrected chi connectivity index (χ4v) is 2.62. The number of carbonyl (C=O) groups excluding carboxylic acids is 1. The largest absolute Gasteiger partial charge is 0.496 e. The molecule has 0 bridgehead atoms. The Kier molecular flexibility index (Phi) is 5.88. The number of hydrogen-bond donors (Lipinski definition) is 1. The summed E-state index contributed by atoms with van der Waals surface area (Å²) >= 11 is 0. The third kappa shape index (κ3) is 4.41. The van der Waals surface area contributed by atoms with E-state index in [1.807, 2.05) is 0 Å². The number of nitrogens with one attached hydrogen (secondary N) is 1. The lowest BCUT2D eigenvalue weighted by Gasteiger charge is -2.06. The molecular formula is C20H17N3O6. The first-order chi connectivity index (χ1) is 14.0. The van der Waals surface area contributed by atoms with Crippen molar-refractivity contribution >= 4 is 17.8 Å². The molecule has 0 spiro atoms. The van der Waals surface area contributed by atoms with Gasteiger partial charge in [0, 0.05) is 12.1 Å². The summed E-state index contributed by atoms with van der Waals surface area (Å²) in [6.07, 6.45) is 1.32. The van der Waals surface area contributed by atoms with Crippen LogP contribution in [-0.4, -0.2) is 31.3 Å². The summed E-state index contributed by atoms with van der Waals surface area (Å²) in [4.78, 5) is 22.7. The molecule has 9 heteroatoms. The number of nitro groups is 1. The molecule has 0 fully saturated rings. The van der Waals surface area contributed by atoms with Crippen molar-refractivity contribution < 1.29 is 23.6 Å². The lowest BCUT2D eigenvalue weighted by molar-refractivity contribution is -0.384. The van der Waals surface area contributed by atoms with E-state index in [9.17, 15) is 14.9 Å². The Hall–Kier alpha value is -4.14. The molecule has 0 saturated carbocycles. The maximum atomic E-state index is 12.2. The Labute approximate surface area is 165 Å². The Bertz CT molecular complexity index is 1070. The molecule has 0 aliphatic heterocycles. The summed E-state index contributed by atoms with van der Waals surface area (Å²) in [6.45, 7) is 0. The van der Waals surface area contributed by atoms with Crippen molar-refractivity contribution in [2.75, 3.05) is 14.2 Å². The van der Waals surface area contributed by atoms with Crippen LogP contribution in [0.4, 0.5) is 5.69 Å². The second-order valence-corrected chi connectivity index (χ2v) is 5.74. The number of furan rings is 1. The van der Waals surface area contributed by atoms with Crippen LogP contribution in [0.25, 0.3) is 11.3 Å². The van der Waals surface area contributed by atoms with Gasteiger partial charge in [0.25, 0.3) is 11.6 Å². The third-order valence-electron chi connectivity index (χ3n) is 4.00. The summed E-state index contributed by atoms with van der Waals surface area (Å²) in [5, 5.41) is 14.9. The summed E-state index contributed by atoms with van der Waals surface area (Å²) in [7, 11) is 2.94. The van der Waals surface area contributed by atoms with Crippen LogP contribution in [-0.2, 0) is 0 Å². The van der Waals surface area contributed by atoms with Gasteiger partial charge in [-0.2, -0.15) is 5.10 Å². The van der Waals surface area contributed by atoms with Crippen LogP contribution in [0.15, 0.2) is 64.1 Å². The minimum atomic E-state index is -0.498. The number of para-hydroxylation sites is 1. The highest BCUT2D eigenvalue weighted by molar-refractivity contribution is 5.97. The SMILES string of the molecule is COc1ccccc1C(=O)N/N=C/c1ccc(-c2cc([N+](=O)[O-])ccc2OC)o1. The summed E-state index contributed by atoms with van der Waals surface area (Å²) < 4.78 is 16.0. The first-order valence-corrected chi connectivity index (χ1v) is 8.42. The van der Waals surface area contributed by atoms with Gasteiger partial charge in [-0.05, 0) is 30.3 Å². The zero-order valence-corrected chi connectivity index (χ0v) is 15.6. The van der Waals surface area contributed by atoms with Gasteiger partial charge in [-0.25, -0.2) is 5.43 Å². The van der Waals surface area contributed by atoms with Gasteiger partial charge in [-0.1, -0.05) is 12.1 Å². The number of hydrogen-bond acceptors (Lipinski definition) is 7. The maximum absolute atomic E-state index is 12.2. The molecule has 0 saturated heterocycles. The number of carbonyl (C=O) groups is 1. The number of nitrogens with zero attached hydrogens (tertiary/aromatic N) is 2. The molecule has 0 aliphatic rings. The highest BCUT2D eigenvalue weighted by atomic mass is 16.6. The van der Waals surface area contributed by atoms with E-state index in [2.05, 4.69) is 10.5 Å². The van der Waals surface area contributed by atoms with E-state index in [1.165, 1.54) is 38.6 Å². The van der Waals surface area contributed by atoms with E-state index in [0.717, 1.165) is 0 Å². The Morgan fingerprint density at radius 1 is 1.10 bits per heavy atom. The summed E-state index contributed by atoms with van der Waals surface area (Å²) in [6, 6.07) is 14.2. The first-order valence-electron chi connectivity index (χ1n) is 8.42. The van der Waals surface area contributed by atoms with Gasteiger partial charge in [-0.15, -0.1) is 0 Å². The van der Waals surface area contributed by atoms with Gasteiger partial charge in [0.1, 0.15) is 23.0 Å². The number of nitro benzene ring substituents is 1. The molecule has 1 aromatic heterocycles. The fraction of sp³-hybridized carbons (Fsp3) is 0.100. The van der Waals surface area contributed by atoms with Gasteiger partial charge in [0.05, 0.1) is 36.5 Å². The first kappa shape index (κ1) is 19.6. The zero-order valence-electron chi connectivity index (χ0n) is 15.6. The molecule has 148 valence electrons. The number of ether oxygens (including phenoxy) is 2. The highest BCUT2D eigenvalue weighted by Crippen LogP contribution is 2.34. The third-order valence-corrected chi connectivity index (χ3v) is 4.00. The lowest BCUT2D eigenvalue weighted by atomic mass is 10.1. The predicted molar refractivity (Wildman–Crippen MR) is 105 cm³/mol. The molecule has 0 radical (unpaired) electrons. The number of non-ortho nitro benzene ring substituents is 1. The Morgan fingerprint density at radius 2 is 1.86 bits per heavy atom. The average Bonchev–Trinajstić information content (AvgIpc) is 3.21. The van der Waals surface area contributed by atoms with Crippen LogP contribution in [0.1, 0.15) is 16.1 Å². The number of benzene rings is 2. The molecular weight excluding hydrogens is 378 g/mol. The van der Waals surface area contributed by atoms with Crippen molar-refractivity contribution in [1.82, 2.24) is 5.43 Å². The van der Waals surface area contributed by atoms with Crippen LogP contribution in [0.5, 0.6) is 11.5 Å². The monoisotopic (exact) mass is 395 g/mol. The maximum Gasteiger partial charge on any atom is 0.275 e. The van der Waals surface area contributed by atoms with Crippen LogP contribution >= 0.6 is 0 Å². The standard InChI is InChI=1S/C20H17N3O6/c1-27-17-6-4-3-5-15(17)20(24)22-21-12-14-8-10-19(29-14)16-11-13(23(25)26)7-9-18(16)28-2/h3-12H,1-2H3,(H,22,24)/b21-12+. The number of methoxy groups -OCH3 is 2. The van der Waals surface area contributed by atoms with Crippen LogP contribution in [0.3, 0.4) is 0 Å². The van der Waals surface area contributed by atoms with Crippen molar-refractivity contribution in [3.05, 3.63) is 76.0 Å². The topological polar surface area (TPSA) is 116 Å². The van der Waals surface area contributed by atoms with Gasteiger partial charge >= 0.3 is 0 Å². The quantitative estimate of drug-likeness (QED) is 0.371. The minimum Gasteiger partial charge on any atom is -0.496 e. The minimum absolute atomic E-state index is 0.0866. The molecule has 0 aliphatic carbocycles. The van der Waals surface area contributed by atoms with Gasteiger partial charge in [0.2, 0.25) is 0 Å². The Balaban J connectivity index is 1.76. The van der Waals surface area contributed by atoms with E-state index < -0.39 is 10.8 Å².